The van der Waals surface area contributed by atoms with E-state index in [9.17, 15) is 9.59 Å². The van der Waals surface area contributed by atoms with Gasteiger partial charge in [-0.3, -0.25) is 9.59 Å². The zero-order valence-corrected chi connectivity index (χ0v) is 16.7. The van der Waals surface area contributed by atoms with Crippen LogP contribution < -0.4 is 15.6 Å². The summed E-state index contributed by atoms with van der Waals surface area (Å²) in [5.74, 6) is 0.693. The highest BCUT2D eigenvalue weighted by Crippen LogP contribution is 2.21. The first-order valence-electron chi connectivity index (χ1n) is 9.51. The Hall–Kier alpha value is -3.87. The molecule has 2 aromatic carbocycles. The van der Waals surface area contributed by atoms with Crippen molar-refractivity contribution in [2.24, 2.45) is 7.05 Å². The van der Waals surface area contributed by atoms with Crippen LogP contribution in [0.1, 0.15) is 27.2 Å². The fraction of sp³-hybridized carbons (Fsp3) is 0.174. The topological polar surface area (TPSA) is 86.4 Å². The van der Waals surface area contributed by atoms with Crippen molar-refractivity contribution in [3.8, 4) is 5.75 Å². The van der Waals surface area contributed by atoms with Crippen LogP contribution in [0.25, 0.3) is 11.1 Å². The molecule has 0 atom stereocenters. The largest absolute Gasteiger partial charge is 0.489 e. The molecule has 0 bridgehead atoms. The van der Waals surface area contributed by atoms with Crippen LogP contribution in [0.2, 0.25) is 0 Å². The van der Waals surface area contributed by atoms with Crippen LogP contribution in [0.15, 0.2) is 70.1 Å². The van der Waals surface area contributed by atoms with Gasteiger partial charge in [0, 0.05) is 13.6 Å². The van der Waals surface area contributed by atoms with Crippen LogP contribution in [0.5, 0.6) is 5.75 Å². The van der Waals surface area contributed by atoms with E-state index in [1.165, 1.54) is 10.9 Å². The molecule has 0 aliphatic heterocycles. The van der Waals surface area contributed by atoms with Crippen LogP contribution >= 0.6 is 0 Å². The molecule has 2 heterocycles. The molecule has 30 heavy (non-hydrogen) atoms. The molecule has 0 fully saturated rings. The highest BCUT2D eigenvalue weighted by Gasteiger charge is 2.22. The predicted octanol–water partition coefficient (Wildman–Crippen LogP) is 3.34. The average molecular weight is 403 g/mol. The molecule has 0 saturated carbocycles. The summed E-state index contributed by atoms with van der Waals surface area (Å²) in [5, 5.41) is 3.04. The van der Waals surface area contributed by atoms with Crippen molar-refractivity contribution in [3.05, 3.63) is 93.7 Å². The third kappa shape index (κ3) is 3.96. The molecule has 152 valence electrons. The number of hydrogen-bond acceptors (Lipinski definition) is 5. The third-order valence-corrected chi connectivity index (χ3v) is 4.78. The summed E-state index contributed by atoms with van der Waals surface area (Å²) in [7, 11) is 1.58. The fourth-order valence-electron chi connectivity index (χ4n) is 3.22. The van der Waals surface area contributed by atoms with Crippen LogP contribution in [0, 0.1) is 6.92 Å². The standard InChI is InChI=1S/C23H21N3O4/c1-15-19(20-22(30-15)25-14-26(2)23(20)28)21(27)24-12-17-9-6-10-18(11-17)29-13-16-7-4-3-5-8-16/h3-11,14H,12-13H2,1-2H3,(H,24,27). The highest BCUT2D eigenvalue weighted by atomic mass is 16.5. The van der Waals surface area contributed by atoms with Crippen LogP contribution in [0.3, 0.4) is 0 Å². The highest BCUT2D eigenvalue weighted by molar-refractivity contribution is 6.06. The average Bonchev–Trinajstić information content (AvgIpc) is 3.11. The number of rotatable bonds is 6. The van der Waals surface area contributed by atoms with Gasteiger partial charge in [-0.1, -0.05) is 42.5 Å². The molecule has 0 spiro atoms. The number of carbonyl (C=O) groups excluding carboxylic acids is 1. The van der Waals surface area contributed by atoms with Crippen molar-refractivity contribution in [1.29, 1.82) is 0 Å². The Morgan fingerprint density at radius 3 is 2.70 bits per heavy atom. The van der Waals surface area contributed by atoms with Crippen LogP contribution in [0.4, 0.5) is 0 Å². The summed E-state index contributed by atoms with van der Waals surface area (Å²) < 4.78 is 12.7. The Kier molecular flexibility index (Phi) is 5.34. The predicted molar refractivity (Wildman–Crippen MR) is 112 cm³/mol. The number of ether oxygens (including phenoxy) is 1. The van der Waals surface area contributed by atoms with Crippen molar-refractivity contribution in [2.45, 2.75) is 20.1 Å². The lowest BCUT2D eigenvalue weighted by Gasteiger charge is -2.09. The van der Waals surface area contributed by atoms with E-state index in [-0.39, 0.29) is 34.7 Å². The summed E-state index contributed by atoms with van der Waals surface area (Å²) in [5.41, 5.74) is 2.02. The Morgan fingerprint density at radius 2 is 1.90 bits per heavy atom. The molecular formula is C23H21N3O4. The van der Waals surface area contributed by atoms with Crippen molar-refractivity contribution in [3.63, 3.8) is 0 Å². The second-order valence-electron chi connectivity index (χ2n) is 6.98. The van der Waals surface area contributed by atoms with Gasteiger partial charge in [0.2, 0.25) is 5.71 Å². The van der Waals surface area contributed by atoms with E-state index in [1.807, 2.05) is 54.6 Å². The summed E-state index contributed by atoms with van der Waals surface area (Å²) in [6, 6.07) is 17.4. The molecule has 7 heteroatoms. The van der Waals surface area contributed by atoms with E-state index in [0.29, 0.717) is 18.1 Å². The van der Waals surface area contributed by atoms with Crippen molar-refractivity contribution in [2.75, 3.05) is 0 Å². The molecule has 0 aliphatic rings. The molecule has 0 aliphatic carbocycles. The third-order valence-electron chi connectivity index (χ3n) is 4.78. The van der Waals surface area contributed by atoms with Gasteiger partial charge in [0.25, 0.3) is 11.5 Å². The van der Waals surface area contributed by atoms with Gasteiger partial charge in [-0.05, 0) is 30.2 Å². The van der Waals surface area contributed by atoms with E-state index < -0.39 is 0 Å². The number of amides is 1. The maximum Gasteiger partial charge on any atom is 0.265 e. The summed E-state index contributed by atoms with van der Waals surface area (Å²) >= 11 is 0. The quantitative estimate of drug-likeness (QED) is 0.534. The normalized spacial score (nSPS) is 10.9. The van der Waals surface area contributed by atoms with E-state index >= 15 is 0 Å². The van der Waals surface area contributed by atoms with E-state index in [4.69, 9.17) is 9.15 Å². The molecule has 0 saturated heterocycles. The van der Waals surface area contributed by atoms with Gasteiger partial charge in [0.1, 0.15) is 29.8 Å². The number of furan rings is 1. The number of aromatic nitrogens is 2. The number of nitrogens with one attached hydrogen (secondary N) is 1. The van der Waals surface area contributed by atoms with Gasteiger partial charge in [0.05, 0.1) is 5.56 Å². The van der Waals surface area contributed by atoms with Crippen LogP contribution in [-0.4, -0.2) is 15.5 Å². The second-order valence-corrected chi connectivity index (χ2v) is 6.98. The summed E-state index contributed by atoms with van der Waals surface area (Å²) in [6.45, 7) is 2.40. The maximum atomic E-state index is 12.8. The second kappa shape index (κ2) is 8.24. The number of fused-ring (bicyclic) bond motifs is 1. The molecule has 1 amide bonds. The number of nitrogens with zero attached hydrogens (tertiary/aromatic N) is 2. The maximum absolute atomic E-state index is 12.8. The van der Waals surface area contributed by atoms with E-state index in [0.717, 1.165) is 11.1 Å². The van der Waals surface area contributed by atoms with Gasteiger partial charge in [-0.2, -0.15) is 0 Å². The van der Waals surface area contributed by atoms with Crippen molar-refractivity contribution < 1.29 is 13.9 Å². The molecule has 0 radical (unpaired) electrons. The van der Waals surface area contributed by atoms with Crippen LogP contribution in [-0.2, 0) is 20.2 Å². The lowest BCUT2D eigenvalue weighted by molar-refractivity contribution is 0.0950. The number of aryl methyl sites for hydroxylation is 2. The molecule has 2 aromatic heterocycles. The first-order chi connectivity index (χ1) is 14.5. The fourth-order valence-corrected chi connectivity index (χ4v) is 3.22. The molecule has 4 aromatic rings. The number of hydrogen-bond donors (Lipinski definition) is 1. The molecule has 4 rings (SSSR count). The molecule has 1 N–H and O–H groups in total. The van der Waals surface area contributed by atoms with Gasteiger partial charge in [-0.15, -0.1) is 0 Å². The van der Waals surface area contributed by atoms with E-state index in [2.05, 4.69) is 10.3 Å². The minimum absolute atomic E-state index is 0.164. The van der Waals surface area contributed by atoms with Gasteiger partial charge in [0.15, 0.2) is 0 Å². The Labute approximate surface area is 172 Å². The minimum Gasteiger partial charge on any atom is -0.489 e. The number of benzene rings is 2. The summed E-state index contributed by atoms with van der Waals surface area (Å²) in [6.07, 6.45) is 1.37. The summed E-state index contributed by atoms with van der Waals surface area (Å²) in [4.78, 5) is 29.3. The Morgan fingerprint density at radius 1 is 1.13 bits per heavy atom. The zero-order valence-electron chi connectivity index (χ0n) is 16.7. The van der Waals surface area contributed by atoms with Gasteiger partial charge < -0.3 is 19.0 Å². The Balaban J connectivity index is 1.47. The SMILES string of the molecule is Cc1oc2ncn(C)c(=O)c2c1C(=O)NCc1cccc(OCc2ccccc2)c1. The van der Waals surface area contributed by atoms with Crippen molar-refractivity contribution >= 4 is 17.0 Å². The zero-order chi connectivity index (χ0) is 21.1. The first kappa shape index (κ1) is 19.4. The monoisotopic (exact) mass is 403 g/mol. The van der Waals surface area contributed by atoms with Gasteiger partial charge in [-0.25, -0.2) is 4.98 Å². The number of carbonyl (C=O) groups is 1. The van der Waals surface area contributed by atoms with Gasteiger partial charge >= 0.3 is 0 Å². The molecule has 0 unspecified atom stereocenters. The van der Waals surface area contributed by atoms with Crippen molar-refractivity contribution in [1.82, 2.24) is 14.9 Å². The minimum atomic E-state index is -0.382. The lowest BCUT2D eigenvalue weighted by atomic mass is 10.1. The van der Waals surface area contributed by atoms with E-state index in [1.54, 1.807) is 14.0 Å². The molecular weight excluding hydrogens is 382 g/mol. The smallest absolute Gasteiger partial charge is 0.265 e. The Bertz CT molecular complexity index is 1260. The lowest BCUT2D eigenvalue weighted by Crippen LogP contribution is -2.25. The molecule has 7 nitrogen and oxygen atoms in total. The first-order valence-corrected chi connectivity index (χ1v) is 9.51.